The molecule has 7 aromatic rings. The zero-order valence-electron chi connectivity index (χ0n) is 37.1. The molecule has 6 nitrogen and oxygen atoms in total. The molecule has 0 bridgehead atoms. The Morgan fingerprint density at radius 1 is 0.477 bits per heavy atom. The fraction of sp³-hybridized carbons (Fsp3) is 0.158. The molecule has 0 radical (unpaired) electrons. The van der Waals surface area contributed by atoms with E-state index in [1.165, 1.54) is 38.7 Å². The maximum absolute atomic E-state index is 12.9. The van der Waals surface area contributed by atoms with Crippen LogP contribution < -0.4 is 45.5 Å². The van der Waals surface area contributed by atoms with Crippen molar-refractivity contribution >= 4 is 65.4 Å². The Morgan fingerprint density at radius 2 is 0.862 bits per heavy atom. The van der Waals surface area contributed by atoms with Gasteiger partial charge in [-0.1, -0.05) is 72.8 Å². The average molecular weight is 899 g/mol. The Bertz CT molecular complexity index is 2500. The number of benzene rings is 7. The van der Waals surface area contributed by atoms with Crippen LogP contribution in [0.15, 0.2) is 200 Å². The maximum Gasteiger partial charge on any atom is 0.161 e. The Kier molecular flexibility index (Phi) is 17.1. The van der Waals surface area contributed by atoms with Gasteiger partial charge in [0.2, 0.25) is 0 Å². The van der Waals surface area contributed by atoms with E-state index in [-0.39, 0.29) is 18.0 Å². The van der Waals surface area contributed by atoms with Crippen LogP contribution in [0.2, 0.25) is 0 Å². The van der Waals surface area contributed by atoms with E-state index < -0.39 is 15.2 Å². The van der Waals surface area contributed by atoms with E-state index in [2.05, 4.69) is 152 Å². The fourth-order valence-electron chi connectivity index (χ4n) is 8.13. The predicted octanol–water partition coefficient (Wildman–Crippen LogP) is 10.4. The van der Waals surface area contributed by atoms with Crippen LogP contribution in [-0.2, 0) is 9.59 Å². The summed E-state index contributed by atoms with van der Waals surface area (Å²) < 4.78 is 23.9. The predicted molar refractivity (Wildman–Crippen MR) is 274 cm³/mol. The van der Waals surface area contributed by atoms with Gasteiger partial charge in [0, 0.05) is 0 Å². The summed E-state index contributed by atoms with van der Waals surface area (Å²) in [5.74, 6) is 1.83. The molecule has 0 spiro atoms. The molecule has 0 aliphatic carbocycles. The molecule has 0 aromatic heterocycles. The van der Waals surface area contributed by atoms with E-state index in [9.17, 15) is 9.59 Å². The first kappa shape index (κ1) is 46.4. The summed E-state index contributed by atoms with van der Waals surface area (Å²) in [6, 6.07) is 65.1. The first-order valence-electron chi connectivity index (χ1n) is 22.0. The van der Waals surface area contributed by atoms with Crippen LogP contribution in [0, 0.1) is 0 Å². The van der Waals surface area contributed by atoms with E-state index in [1.54, 1.807) is 26.4 Å². The van der Waals surface area contributed by atoms with Gasteiger partial charge in [0.15, 0.2) is 17.3 Å². The largest absolute Gasteiger partial charge is 0.490 e. The number of hydrogen-bond acceptors (Lipinski definition) is 6. The van der Waals surface area contributed by atoms with Crippen molar-refractivity contribution in [1.82, 2.24) is 0 Å². The van der Waals surface area contributed by atoms with Gasteiger partial charge in [-0.2, -0.15) is 0 Å². The number of ether oxygens (including phenoxy) is 4. The molecule has 7 aromatic carbocycles. The van der Waals surface area contributed by atoms with E-state index in [0.29, 0.717) is 36.2 Å². The quantitative estimate of drug-likeness (QED) is 0.0276. The summed E-state index contributed by atoms with van der Waals surface area (Å²) in [4.78, 5) is 25.7. The molecule has 0 N–H and O–H groups in total. The zero-order chi connectivity index (χ0) is 45.1. The van der Waals surface area contributed by atoms with Crippen LogP contribution in [0.3, 0.4) is 0 Å². The summed E-state index contributed by atoms with van der Waals surface area (Å²) in [5, 5.41) is 6.81. The molecule has 0 atom stereocenters. The molecule has 8 heteroatoms. The van der Waals surface area contributed by atoms with Gasteiger partial charge < -0.3 is 9.47 Å². The number of methoxy groups -OCH3 is 2. The second-order valence-electron chi connectivity index (χ2n) is 15.6. The smallest absolute Gasteiger partial charge is 0.161 e. The van der Waals surface area contributed by atoms with Gasteiger partial charge in [0.25, 0.3) is 0 Å². The first-order chi connectivity index (χ1) is 32.0. The zero-order valence-corrected chi connectivity index (χ0v) is 38.9. The maximum atomic E-state index is 12.9. The van der Waals surface area contributed by atoms with Gasteiger partial charge in [0.1, 0.15) is 0 Å². The minimum atomic E-state index is -2.37. The third-order valence-electron chi connectivity index (χ3n) is 11.3. The second kappa shape index (κ2) is 23.9. The van der Waals surface area contributed by atoms with Gasteiger partial charge >= 0.3 is 214 Å². The Labute approximate surface area is 385 Å². The molecule has 0 amide bonds. The molecule has 0 unspecified atom stereocenters. The van der Waals surface area contributed by atoms with Crippen molar-refractivity contribution in [3.8, 4) is 23.0 Å². The molecular formula is C57H56O6P2. The Morgan fingerprint density at radius 3 is 1.26 bits per heavy atom. The molecule has 0 saturated carbocycles. The average Bonchev–Trinajstić information content (AvgIpc) is 3.37. The van der Waals surface area contributed by atoms with E-state index >= 15 is 0 Å². The van der Waals surface area contributed by atoms with Crippen molar-refractivity contribution in [2.45, 2.75) is 19.3 Å². The SMILES string of the molecule is COc1cc(/C=C/C(=O)CC(=O)/C=C/c2ccc(OCCC[PH](c3ccccc3)(c3ccccc3)c3ccccc3)c(OC)c2)ccc1OCCCP(c1ccccc1)c1ccccc1. The monoisotopic (exact) mass is 898 g/mol. The Balaban J connectivity index is 0.902. The van der Waals surface area contributed by atoms with Crippen LogP contribution in [-0.4, -0.2) is 51.3 Å². The van der Waals surface area contributed by atoms with E-state index in [1.807, 2.05) is 36.4 Å². The van der Waals surface area contributed by atoms with Gasteiger partial charge in [-0.15, -0.1) is 0 Å². The molecular weight excluding hydrogens is 843 g/mol. The van der Waals surface area contributed by atoms with Crippen LogP contribution in [0.5, 0.6) is 23.0 Å². The number of rotatable bonds is 23. The number of ketones is 2. The second-order valence-corrected chi connectivity index (χ2v) is 22.0. The normalized spacial score (nSPS) is 11.7. The number of hydrogen-bond donors (Lipinski definition) is 0. The van der Waals surface area contributed by atoms with E-state index in [0.717, 1.165) is 36.3 Å². The summed E-state index contributed by atoms with van der Waals surface area (Å²) >= 11 is 0. The molecule has 0 fully saturated rings. The summed E-state index contributed by atoms with van der Waals surface area (Å²) in [5.41, 5.74) is 1.53. The minimum Gasteiger partial charge on any atom is -0.490 e. The summed E-state index contributed by atoms with van der Waals surface area (Å²) in [6.45, 7) is 1.06. The fourth-order valence-corrected chi connectivity index (χ4v) is 15.3. The van der Waals surface area contributed by atoms with Crippen LogP contribution in [0.1, 0.15) is 30.4 Å². The molecule has 0 aliphatic heterocycles. The first-order valence-corrected chi connectivity index (χ1v) is 25.8. The van der Waals surface area contributed by atoms with Gasteiger partial charge in [0.05, 0.1) is 13.7 Å². The Hall–Kier alpha value is -6.58. The topological polar surface area (TPSA) is 71.1 Å². The van der Waals surface area contributed by atoms with Crippen LogP contribution in [0.25, 0.3) is 12.2 Å². The number of allylic oxidation sites excluding steroid dienone is 2. The van der Waals surface area contributed by atoms with Gasteiger partial charge in [-0.3, -0.25) is 4.79 Å². The third kappa shape index (κ3) is 12.6. The van der Waals surface area contributed by atoms with Crippen molar-refractivity contribution < 1.29 is 28.5 Å². The molecule has 0 heterocycles. The standard InChI is InChI=1S/C57H56O6P2/c1-60-56-42-45(32-36-54(56)62-38-18-40-64(49-20-8-3-9-21-49)50-22-10-4-11-23-50)30-34-47(58)44-48(59)35-31-46-33-37-55(57(43-46)61-2)63-39-19-41-65(51-24-12-5-13-25-51,52-26-14-6-15-27-52)53-28-16-7-17-29-53/h3-17,20-37,42-43,65H,18-19,38-41,44H2,1-2H3/b34-30+,35-31+. The molecule has 65 heavy (non-hydrogen) atoms. The third-order valence-corrected chi connectivity index (χ3v) is 19.0. The van der Waals surface area contributed by atoms with Crippen LogP contribution >= 0.6 is 15.2 Å². The molecule has 0 aliphatic rings. The van der Waals surface area contributed by atoms with E-state index in [4.69, 9.17) is 18.9 Å². The summed E-state index contributed by atoms with van der Waals surface area (Å²) in [6.07, 6.45) is 9.68. The van der Waals surface area contributed by atoms with Crippen molar-refractivity contribution in [3.05, 3.63) is 211 Å². The van der Waals surface area contributed by atoms with Crippen LogP contribution in [0.4, 0.5) is 0 Å². The molecule has 330 valence electrons. The van der Waals surface area contributed by atoms with Crippen molar-refractivity contribution in [2.75, 3.05) is 39.8 Å². The number of carbonyl (C=O) groups excluding carboxylic acids is 2. The molecule has 7 rings (SSSR count). The summed E-state index contributed by atoms with van der Waals surface area (Å²) in [7, 11) is 0.344. The van der Waals surface area contributed by atoms with Crippen molar-refractivity contribution in [2.24, 2.45) is 0 Å². The van der Waals surface area contributed by atoms with Gasteiger partial charge in [-0.25, -0.2) is 0 Å². The molecule has 0 saturated heterocycles. The minimum absolute atomic E-state index is 0.252. The van der Waals surface area contributed by atoms with Gasteiger partial charge in [-0.05, 0) is 54.9 Å². The van der Waals surface area contributed by atoms with Crippen molar-refractivity contribution in [1.29, 1.82) is 0 Å². The number of carbonyl (C=O) groups is 2. The van der Waals surface area contributed by atoms with Crippen molar-refractivity contribution in [3.63, 3.8) is 0 Å².